The van der Waals surface area contributed by atoms with Crippen LogP contribution < -0.4 is 0 Å². The monoisotopic (exact) mass is 211 g/mol. The molecule has 2 heterocycles. The van der Waals surface area contributed by atoms with Crippen LogP contribution >= 0.6 is 0 Å². The van der Waals surface area contributed by atoms with Gasteiger partial charge >= 0.3 is 0 Å². The van der Waals surface area contributed by atoms with Crippen molar-refractivity contribution in [3.8, 4) is 17.0 Å². The molecule has 0 aliphatic rings. The first-order valence-electron chi connectivity index (χ1n) is 4.93. The Kier molecular flexibility index (Phi) is 2.04. The van der Waals surface area contributed by atoms with Gasteiger partial charge in [-0.2, -0.15) is 0 Å². The van der Waals surface area contributed by atoms with Gasteiger partial charge in [-0.05, 0) is 24.3 Å². The van der Waals surface area contributed by atoms with Gasteiger partial charge in [-0.1, -0.05) is 5.16 Å². The van der Waals surface area contributed by atoms with Crippen LogP contribution in [0.5, 0.6) is 0 Å². The van der Waals surface area contributed by atoms with Gasteiger partial charge in [-0.3, -0.25) is 0 Å². The molecule has 0 amide bonds. The molecule has 0 saturated heterocycles. The Morgan fingerprint density at radius 3 is 2.50 bits per heavy atom. The van der Waals surface area contributed by atoms with Crippen molar-refractivity contribution < 1.29 is 4.52 Å². The molecule has 4 heteroatoms. The maximum Gasteiger partial charge on any atom is 0.166 e. The van der Waals surface area contributed by atoms with E-state index >= 15 is 0 Å². The average molecular weight is 211 g/mol. The Morgan fingerprint density at radius 1 is 1.00 bits per heavy atom. The number of nitrogens with zero attached hydrogens (tertiary/aromatic N) is 3. The Morgan fingerprint density at radius 2 is 1.88 bits per heavy atom. The lowest BCUT2D eigenvalue weighted by Crippen LogP contribution is -1.88. The predicted octanol–water partition coefficient (Wildman–Crippen LogP) is 2.53. The van der Waals surface area contributed by atoms with E-state index in [9.17, 15) is 0 Å². The smallest absolute Gasteiger partial charge is 0.166 e. The van der Waals surface area contributed by atoms with Crippen molar-refractivity contribution in [2.45, 2.75) is 0 Å². The second-order valence-corrected chi connectivity index (χ2v) is 3.39. The molecule has 0 bridgehead atoms. The lowest BCUT2D eigenvalue weighted by molar-refractivity contribution is 0.432. The highest BCUT2D eigenvalue weighted by molar-refractivity contribution is 5.58. The molecule has 1 aromatic carbocycles. The Bertz CT molecular complexity index is 500. The number of hydrogen-bond donors (Lipinski definition) is 0. The zero-order valence-corrected chi connectivity index (χ0v) is 8.45. The van der Waals surface area contributed by atoms with E-state index < -0.39 is 0 Å². The van der Waals surface area contributed by atoms with Crippen molar-refractivity contribution >= 4 is 0 Å². The molecule has 0 atom stereocenters. The van der Waals surface area contributed by atoms with Gasteiger partial charge in [0.1, 0.15) is 0 Å². The van der Waals surface area contributed by atoms with Crippen LogP contribution in [0.2, 0.25) is 0 Å². The second-order valence-electron chi connectivity index (χ2n) is 3.39. The SMILES string of the molecule is c1cn(-c2ccc(-c3ccno3)cc2)cn1. The quantitative estimate of drug-likeness (QED) is 0.654. The van der Waals surface area contributed by atoms with E-state index in [0.29, 0.717) is 0 Å². The first kappa shape index (κ1) is 8.91. The number of rotatable bonds is 2. The van der Waals surface area contributed by atoms with Crippen LogP contribution in [0, 0.1) is 0 Å². The number of imidazole rings is 1. The maximum absolute atomic E-state index is 5.08. The normalized spacial score (nSPS) is 10.5. The van der Waals surface area contributed by atoms with Gasteiger partial charge in [-0.25, -0.2) is 4.98 Å². The first-order chi connectivity index (χ1) is 7.93. The van der Waals surface area contributed by atoms with Crippen molar-refractivity contribution in [1.29, 1.82) is 0 Å². The molecule has 0 unspecified atom stereocenters. The summed E-state index contributed by atoms with van der Waals surface area (Å²) in [6, 6.07) is 9.86. The molecule has 0 spiro atoms. The van der Waals surface area contributed by atoms with E-state index in [2.05, 4.69) is 10.1 Å². The minimum Gasteiger partial charge on any atom is -0.356 e. The topological polar surface area (TPSA) is 43.9 Å². The summed E-state index contributed by atoms with van der Waals surface area (Å²) in [4.78, 5) is 4.01. The van der Waals surface area contributed by atoms with Crippen LogP contribution in [-0.4, -0.2) is 14.7 Å². The molecule has 0 fully saturated rings. The summed E-state index contributed by atoms with van der Waals surface area (Å²) in [7, 11) is 0. The van der Waals surface area contributed by atoms with E-state index in [4.69, 9.17) is 4.52 Å². The molecular weight excluding hydrogens is 202 g/mol. The lowest BCUT2D eigenvalue weighted by Gasteiger charge is -2.02. The lowest BCUT2D eigenvalue weighted by atomic mass is 10.1. The zero-order chi connectivity index (χ0) is 10.8. The highest BCUT2D eigenvalue weighted by Crippen LogP contribution is 2.20. The third-order valence-corrected chi connectivity index (χ3v) is 2.39. The van der Waals surface area contributed by atoms with Crippen LogP contribution in [0.3, 0.4) is 0 Å². The van der Waals surface area contributed by atoms with Gasteiger partial charge in [0, 0.05) is 29.7 Å². The highest BCUT2D eigenvalue weighted by Gasteiger charge is 2.01. The van der Waals surface area contributed by atoms with Gasteiger partial charge in [0.15, 0.2) is 5.76 Å². The zero-order valence-electron chi connectivity index (χ0n) is 8.45. The molecule has 0 aliphatic heterocycles. The molecule has 78 valence electrons. The molecule has 0 aliphatic carbocycles. The van der Waals surface area contributed by atoms with E-state index in [1.807, 2.05) is 41.1 Å². The fourth-order valence-corrected chi connectivity index (χ4v) is 1.57. The molecule has 4 nitrogen and oxygen atoms in total. The van der Waals surface area contributed by atoms with Crippen LogP contribution in [0.25, 0.3) is 17.0 Å². The summed E-state index contributed by atoms with van der Waals surface area (Å²) >= 11 is 0. The maximum atomic E-state index is 5.08. The van der Waals surface area contributed by atoms with E-state index in [1.54, 1.807) is 18.7 Å². The van der Waals surface area contributed by atoms with Crippen molar-refractivity contribution in [2.75, 3.05) is 0 Å². The Hall–Kier alpha value is -2.36. The Balaban J connectivity index is 1.97. The molecule has 0 saturated carbocycles. The largest absolute Gasteiger partial charge is 0.356 e. The third kappa shape index (κ3) is 1.50. The standard InChI is InChI=1S/C12H9N3O/c1-3-11(15-8-7-13-9-15)4-2-10(1)12-5-6-14-16-12/h1-9H. The van der Waals surface area contributed by atoms with E-state index in [1.165, 1.54) is 0 Å². The summed E-state index contributed by atoms with van der Waals surface area (Å²) in [5.74, 6) is 0.775. The van der Waals surface area contributed by atoms with Crippen molar-refractivity contribution in [1.82, 2.24) is 14.7 Å². The molecule has 16 heavy (non-hydrogen) atoms. The average Bonchev–Trinajstić information content (AvgIpc) is 3.03. The molecule has 2 aromatic heterocycles. The van der Waals surface area contributed by atoms with E-state index in [-0.39, 0.29) is 0 Å². The van der Waals surface area contributed by atoms with Crippen molar-refractivity contribution in [3.63, 3.8) is 0 Å². The fraction of sp³-hybridized carbons (Fsp3) is 0. The minimum atomic E-state index is 0.775. The summed E-state index contributed by atoms with van der Waals surface area (Å²) in [5.41, 5.74) is 2.09. The van der Waals surface area contributed by atoms with Gasteiger partial charge in [0.2, 0.25) is 0 Å². The number of benzene rings is 1. The van der Waals surface area contributed by atoms with E-state index in [0.717, 1.165) is 17.0 Å². The Labute approximate surface area is 92.1 Å². The third-order valence-electron chi connectivity index (χ3n) is 2.39. The summed E-state index contributed by atoms with van der Waals surface area (Å²) in [5, 5.41) is 3.68. The fourth-order valence-electron chi connectivity index (χ4n) is 1.57. The van der Waals surface area contributed by atoms with Gasteiger partial charge in [0.05, 0.1) is 12.5 Å². The predicted molar refractivity (Wildman–Crippen MR) is 59.1 cm³/mol. The summed E-state index contributed by atoms with van der Waals surface area (Å²) in [6.07, 6.45) is 7.07. The summed E-state index contributed by atoms with van der Waals surface area (Å²) in [6.45, 7) is 0. The number of aromatic nitrogens is 3. The molecular formula is C12H9N3O. The van der Waals surface area contributed by atoms with Crippen molar-refractivity contribution in [3.05, 3.63) is 55.2 Å². The molecule has 0 radical (unpaired) electrons. The molecule has 0 N–H and O–H groups in total. The van der Waals surface area contributed by atoms with Crippen LogP contribution in [0.4, 0.5) is 0 Å². The van der Waals surface area contributed by atoms with Crippen LogP contribution in [0.15, 0.2) is 59.8 Å². The number of hydrogen-bond acceptors (Lipinski definition) is 3. The molecule has 3 aromatic rings. The first-order valence-corrected chi connectivity index (χ1v) is 4.93. The van der Waals surface area contributed by atoms with Crippen LogP contribution in [-0.2, 0) is 0 Å². The van der Waals surface area contributed by atoms with Crippen molar-refractivity contribution in [2.24, 2.45) is 0 Å². The highest BCUT2D eigenvalue weighted by atomic mass is 16.5. The van der Waals surface area contributed by atoms with Crippen LogP contribution in [0.1, 0.15) is 0 Å². The van der Waals surface area contributed by atoms with Gasteiger partial charge in [-0.15, -0.1) is 0 Å². The van der Waals surface area contributed by atoms with Gasteiger partial charge < -0.3 is 9.09 Å². The minimum absolute atomic E-state index is 0.775. The van der Waals surface area contributed by atoms with Gasteiger partial charge in [0.25, 0.3) is 0 Å². The molecule has 3 rings (SSSR count). The second kappa shape index (κ2) is 3.66. The summed E-state index contributed by atoms with van der Waals surface area (Å²) < 4.78 is 7.03.